The lowest BCUT2D eigenvalue weighted by Gasteiger charge is -2.47. The molecule has 1 saturated heterocycles. The van der Waals surface area contributed by atoms with Gasteiger partial charge in [-0.2, -0.15) is 0 Å². The number of hydrogen-bond donors (Lipinski definition) is 1. The Balaban J connectivity index is 2.55. The maximum atomic E-state index is 3.70. The van der Waals surface area contributed by atoms with Gasteiger partial charge in [-0.15, -0.1) is 0 Å². The van der Waals surface area contributed by atoms with E-state index in [4.69, 9.17) is 0 Å². The zero-order valence-electron chi connectivity index (χ0n) is 12.6. The van der Waals surface area contributed by atoms with Crippen LogP contribution in [-0.2, 0) is 0 Å². The molecule has 2 heteroatoms. The molecule has 1 rings (SSSR count). The molecule has 0 spiro atoms. The molecule has 1 aliphatic heterocycles. The normalized spacial score (nSPS) is 27.0. The van der Waals surface area contributed by atoms with Crippen molar-refractivity contribution in [1.29, 1.82) is 0 Å². The minimum absolute atomic E-state index is 0.288. The SMILES string of the molecule is CCCCCN1CC(C)(C)NCC1C(C)CC. The fourth-order valence-electron chi connectivity index (χ4n) is 2.83. The predicted octanol–water partition coefficient (Wildman–Crippen LogP) is 3.28. The van der Waals surface area contributed by atoms with E-state index in [1.54, 1.807) is 0 Å². The first-order valence-corrected chi connectivity index (χ1v) is 7.49. The van der Waals surface area contributed by atoms with Crippen LogP contribution in [0.1, 0.15) is 60.3 Å². The lowest BCUT2D eigenvalue weighted by atomic mass is 9.90. The molecule has 1 fully saturated rings. The zero-order valence-corrected chi connectivity index (χ0v) is 12.6. The number of nitrogens with zero attached hydrogens (tertiary/aromatic N) is 1. The Labute approximate surface area is 108 Å². The van der Waals surface area contributed by atoms with Crippen molar-refractivity contribution in [3.63, 3.8) is 0 Å². The molecular formula is C15H32N2. The van der Waals surface area contributed by atoms with E-state index in [1.807, 2.05) is 0 Å². The molecule has 0 saturated carbocycles. The smallest absolute Gasteiger partial charge is 0.0252 e. The van der Waals surface area contributed by atoms with Gasteiger partial charge in [-0.05, 0) is 32.7 Å². The van der Waals surface area contributed by atoms with E-state index < -0.39 is 0 Å². The summed E-state index contributed by atoms with van der Waals surface area (Å²) in [5.41, 5.74) is 0.288. The molecule has 0 aromatic rings. The van der Waals surface area contributed by atoms with Crippen LogP contribution in [-0.4, -0.2) is 36.1 Å². The molecule has 0 radical (unpaired) electrons. The van der Waals surface area contributed by atoms with Gasteiger partial charge in [-0.25, -0.2) is 0 Å². The Morgan fingerprint density at radius 2 is 2.00 bits per heavy atom. The number of rotatable bonds is 6. The molecule has 2 atom stereocenters. The lowest BCUT2D eigenvalue weighted by molar-refractivity contribution is 0.0622. The third-order valence-corrected chi connectivity index (χ3v) is 4.21. The second-order valence-electron chi connectivity index (χ2n) is 6.40. The van der Waals surface area contributed by atoms with Crippen LogP contribution < -0.4 is 5.32 Å². The van der Waals surface area contributed by atoms with E-state index in [0.29, 0.717) is 0 Å². The zero-order chi connectivity index (χ0) is 12.9. The van der Waals surface area contributed by atoms with Crippen LogP contribution in [0.2, 0.25) is 0 Å². The molecule has 1 N–H and O–H groups in total. The van der Waals surface area contributed by atoms with Crippen LogP contribution in [0.3, 0.4) is 0 Å². The van der Waals surface area contributed by atoms with Crippen molar-refractivity contribution in [2.75, 3.05) is 19.6 Å². The first-order chi connectivity index (χ1) is 8.00. The average molecular weight is 240 g/mol. The highest BCUT2D eigenvalue weighted by Gasteiger charge is 2.33. The Bertz CT molecular complexity index is 213. The summed E-state index contributed by atoms with van der Waals surface area (Å²) in [7, 11) is 0. The number of hydrogen-bond acceptors (Lipinski definition) is 2. The van der Waals surface area contributed by atoms with E-state index in [9.17, 15) is 0 Å². The van der Waals surface area contributed by atoms with Gasteiger partial charge in [-0.1, -0.05) is 40.0 Å². The first-order valence-electron chi connectivity index (χ1n) is 7.49. The summed E-state index contributed by atoms with van der Waals surface area (Å²) < 4.78 is 0. The fourth-order valence-corrected chi connectivity index (χ4v) is 2.83. The molecule has 2 nitrogen and oxygen atoms in total. The molecule has 1 aliphatic rings. The molecule has 2 unspecified atom stereocenters. The highest BCUT2D eigenvalue weighted by Crippen LogP contribution is 2.22. The summed E-state index contributed by atoms with van der Waals surface area (Å²) in [4.78, 5) is 2.74. The third kappa shape index (κ3) is 4.59. The molecule has 0 bridgehead atoms. The molecule has 0 amide bonds. The third-order valence-electron chi connectivity index (χ3n) is 4.21. The van der Waals surface area contributed by atoms with E-state index in [1.165, 1.54) is 38.8 Å². The molecule has 0 aromatic heterocycles. The Kier molecular flexibility index (Phi) is 5.94. The molecule has 0 aliphatic carbocycles. The minimum Gasteiger partial charge on any atom is -0.309 e. The van der Waals surface area contributed by atoms with Gasteiger partial charge in [0, 0.05) is 24.7 Å². The largest absolute Gasteiger partial charge is 0.309 e. The van der Waals surface area contributed by atoms with Gasteiger partial charge in [0.15, 0.2) is 0 Å². The molecule has 0 aromatic carbocycles. The molecule has 1 heterocycles. The quantitative estimate of drug-likeness (QED) is 0.717. The molecule has 17 heavy (non-hydrogen) atoms. The minimum atomic E-state index is 0.288. The van der Waals surface area contributed by atoms with Crippen molar-refractivity contribution < 1.29 is 0 Å². The Morgan fingerprint density at radius 1 is 1.29 bits per heavy atom. The van der Waals surface area contributed by atoms with Crippen LogP contribution >= 0.6 is 0 Å². The topological polar surface area (TPSA) is 15.3 Å². The predicted molar refractivity (Wildman–Crippen MR) is 76.4 cm³/mol. The van der Waals surface area contributed by atoms with Crippen LogP contribution in [0.25, 0.3) is 0 Å². The van der Waals surface area contributed by atoms with Crippen molar-refractivity contribution in [2.45, 2.75) is 71.9 Å². The van der Waals surface area contributed by atoms with Gasteiger partial charge in [0.25, 0.3) is 0 Å². The van der Waals surface area contributed by atoms with Crippen molar-refractivity contribution in [3.8, 4) is 0 Å². The second-order valence-corrected chi connectivity index (χ2v) is 6.40. The van der Waals surface area contributed by atoms with E-state index in [0.717, 1.165) is 18.5 Å². The van der Waals surface area contributed by atoms with E-state index in [-0.39, 0.29) is 5.54 Å². The number of piperazine rings is 1. The maximum Gasteiger partial charge on any atom is 0.0252 e. The summed E-state index contributed by atoms with van der Waals surface area (Å²) in [6.45, 7) is 15.3. The highest BCUT2D eigenvalue weighted by molar-refractivity contribution is 4.93. The maximum absolute atomic E-state index is 3.70. The van der Waals surface area contributed by atoms with Crippen molar-refractivity contribution >= 4 is 0 Å². The summed E-state index contributed by atoms with van der Waals surface area (Å²) in [5, 5.41) is 3.70. The van der Waals surface area contributed by atoms with Crippen molar-refractivity contribution in [1.82, 2.24) is 10.2 Å². The summed E-state index contributed by atoms with van der Waals surface area (Å²) in [5.74, 6) is 0.806. The second kappa shape index (κ2) is 6.75. The summed E-state index contributed by atoms with van der Waals surface area (Å²) in [6, 6.07) is 0.741. The van der Waals surface area contributed by atoms with Crippen LogP contribution in [0.15, 0.2) is 0 Å². The van der Waals surface area contributed by atoms with Crippen LogP contribution in [0.5, 0.6) is 0 Å². The fraction of sp³-hybridized carbons (Fsp3) is 1.00. The standard InChI is InChI=1S/C15H32N2/c1-6-8-9-10-17-12-15(4,5)16-11-14(17)13(3)7-2/h13-14,16H,6-12H2,1-5H3. The van der Waals surface area contributed by atoms with Gasteiger partial charge in [-0.3, -0.25) is 4.90 Å². The Morgan fingerprint density at radius 3 is 2.59 bits per heavy atom. The van der Waals surface area contributed by atoms with Gasteiger partial charge in [0.05, 0.1) is 0 Å². The monoisotopic (exact) mass is 240 g/mol. The van der Waals surface area contributed by atoms with Gasteiger partial charge in [0.2, 0.25) is 0 Å². The first kappa shape index (κ1) is 15.0. The summed E-state index contributed by atoms with van der Waals surface area (Å²) >= 11 is 0. The number of unbranched alkanes of at least 4 members (excludes halogenated alkanes) is 2. The molecular weight excluding hydrogens is 208 g/mol. The van der Waals surface area contributed by atoms with Crippen LogP contribution in [0.4, 0.5) is 0 Å². The highest BCUT2D eigenvalue weighted by atomic mass is 15.2. The van der Waals surface area contributed by atoms with Gasteiger partial charge in [0.1, 0.15) is 0 Å². The van der Waals surface area contributed by atoms with E-state index in [2.05, 4.69) is 44.8 Å². The summed E-state index contributed by atoms with van der Waals surface area (Å²) in [6.07, 6.45) is 5.34. The van der Waals surface area contributed by atoms with Gasteiger partial charge < -0.3 is 5.32 Å². The van der Waals surface area contributed by atoms with Crippen molar-refractivity contribution in [3.05, 3.63) is 0 Å². The Hall–Kier alpha value is -0.0800. The molecule has 102 valence electrons. The van der Waals surface area contributed by atoms with Crippen LogP contribution in [0, 0.1) is 5.92 Å². The lowest BCUT2D eigenvalue weighted by Crippen LogP contribution is -2.63. The number of nitrogens with one attached hydrogen (secondary N) is 1. The average Bonchev–Trinajstić information content (AvgIpc) is 2.28. The van der Waals surface area contributed by atoms with Crippen molar-refractivity contribution in [2.24, 2.45) is 5.92 Å². The van der Waals surface area contributed by atoms with Gasteiger partial charge >= 0.3 is 0 Å². The van der Waals surface area contributed by atoms with E-state index >= 15 is 0 Å².